The molecule has 1 fully saturated rings. The molecule has 28 heavy (non-hydrogen) atoms. The number of aromatic nitrogens is 1. The highest BCUT2D eigenvalue weighted by atomic mass is 79.9. The van der Waals surface area contributed by atoms with Crippen molar-refractivity contribution < 1.29 is 9.84 Å². The van der Waals surface area contributed by atoms with Crippen molar-refractivity contribution in [3.63, 3.8) is 0 Å². The molecule has 0 amide bonds. The van der Waals surface area contributed by atoms with Crippen LogP contribution in [0.15, 0.2) is 34.9 Å². The third-order valence-electron chi connectivity index (χ3n) is 5.95. The van der Waals surface area contributed by atoms with Crippen LogP contribution in [0, 0.1) is 11.3 Å². The predicted molar refractivity (Wildman–Crippen MR) is 112 cm³/mol. The minimum Gasteiger partial charge on any atom is -0.497 e. The smallest absolute Gasteiger partial charge is 0.134 e. The van der Waals surface area contributed by atoms with Crippen LogP contribution in [0.2, 0.25) is 5.02 Å². The van der Waals surface area contributed by atoms with Gasteiger partial charge in [0, 0.05) is 30.3 Å². The van der Waals surface area contributed by atoms with Crippen molar-refractivity contribution in [1.29, 1.82) is 5.26 Å². The van der Waals surface area contributed by atoms with Gasteiger partial charge in [-0.05, 0) is 52.9 Å². The molecule has 2 heterocycles. The molecule has 1 N–H and O–H groups in total. The molecule has 2 aliphatic rings. The lowest BCUT2D eigenvalue weighted by molar-refractivity contribution is 0.0465. The summed E-state index contributed by atoms with van der Waals surface area (Å²) in [5, 5.41) is 20.7. The van der Waals surface area contributed by atoms with Gasteiger partial charge in [-0.25, -0.2) is 4.98 Å². The van der Waals surface area contributed by atoms with Gasteiger partial charge in [-0.15, -0.1) is 0 Å². The molecule has 1 aromatic carbocycles. The number of benzene rings is 1. The summed E-state index contributed by atoms with van der Waals surface area (Å²) in [5.41, 5.74) is 0.885. The van der Waals surface area contributed by atoms with Crippen LogP contribution in [-0.4, -0.2) is 29.3 Å². The number of pyridine rings is 1. The Labute approximate surface area is 178 Å². The summed E-state index contributed by atoms with van der Waals surface area (Å²) in [6.07, 6.45) is 3.78. The van der Waals surface area contributed by atoms with Gasteiger partial charge in [-0.3, -0.25) is 0 Å². The van der Waals surface area contributed by atoms with E-state index in [1.165, 1.54) is 0 Å². The number of methoxy groups -OCH3 is 1. The number of ether oxygens (including phenoxy) is 1. The van der Waals surface area contributed by atoms with E-state index < -0.39 is 5.60 Å². The number of hydrogen-bond acceptors (Lipinski definition) is 5. The molecule has 1 aliphatic carbocycles. The van der Waals surface area contributed by atoms with Gasteiger partial charge in [-0.2, -0.15) is 5.26 Å². The van der Waals surface area contributed by atoms with Crippen LogP contribution in [0.25, 0.3) is 0 Å². The molecule has 0 unspecified atom stereocenters. The highest BCUT2D eigenvalue weighted by Gasteiger charge is 2.54. The Morgan fingerprint density at radius 2 is 2.11 bits per heavy atom. The quantitative estimate of drug-likeness (QED) is 0.719. The number of halogens is 2. The van der Waals surface area contributed by atoms with Crippen molar-refractivity contribution in [2.45, 2.75) is 43.2 Å². The van der Waals surface area contributed by atoms with E-state index in [2.05, 4.69) is 31.9 Å². The van der Waals surface area contributed by atoms with Crippen LogP contribution in [0.3, 0.4) is 0 Å². The molecule has 4 rings (SSSR count). The number of aliphatic hydroxyl groups is 1. The maximum Gasteiger partial charge on any atom is 0.134 e. The van der Waals surface area contributed by atoms with E-state index in [9.17, 15) is 5.11 Å². The second-order valence-electron chi connectivity index (χ2n) is 7.84. The van der Waals surface area contributed by atoms with Crippen LogP contribution in [-0.2, 0) is 12.0 Å². The van der Waals surface area contributed by atoms with E-state index in [0.717, 1.165) is 40.1 Å². The first-order chi connectivity index (χ1) is 13.4. The summed E-state index contributed by atoms with van der Waals surface area (Å²) in [7, 11) is 1.65. The molecular weight excluding hydrogens is 442 g/mol. The zero-order valence-corrected chi connectivity index (χ0v) is 17.9. The summed E-state index contributed by atoms with van der Waals surface area (Å²) < 4.78 is 6.00. The first-order valence-corrected chi connectivity index (χ1v) is 10.4. The summed E-state index contributed by atoms with van der Waals surface area (Å²) in [6, 6.07) is 10.1. The van der Waals surface area contributed by atoms with Crippen molar-refractivity contribution in [2.24, 2.45) is 0 Å². The van der Waals surface area contributed by atoms with Crippen LogP contribution in [0.1, 0.15) is 36.8 Å². The summed E-state index contributed by atoms with van der Waals surface area (Å²) >= 11 is 10.2. The second-order valence-corrected chi connectivity index (χ2v) is 9.07. The lowest BCUT2D eigenvalue weighted by Gasteiger charge is -2.28. The fourth-order valence-corrected chi connectivity index (χ4v) is 5.33. The van der Waals surface area contributed by atoms with E-state index in [4.69, 9.17) is 21.6 Å². The van der Waals surface area contributed by atoms with Crippen LogP contribution >= 0.6 is 27.5 Å². The topological polar surface area (TPSA) is 69.4 Å². The Morgan fingerprint density at radius 3 is 2.79 bits per heavy atom. The van der Waals surface area contributed by atoms with Gasteiger partial charge in [-0.1, -0.05) is 23.7 Å². The normalized spacial score (nSPS) is 25.8. The average Bonchev–Trinajstić information content (AvgIpc) is 3.16. The highest BCUT2D eigenvalue weighted by Crippen LogP contribution is 2.56. The molecule has 0 saturated heterocycles. The lowest BCUT2D eigenvalue weighted by Crippen LogP contribution is -2.34. The van der Waals surface area contributed by atoms with E-state index in [1.54, 1.807) is 13.3 Å². The van der Waals surface area contributed by atoms with Gasteiger partial charge in [0.1, 0.15) is 11.6 Å². The van der Waals surface area contributed by atoms with Crippen molar-refractivity contribution in [1.82, 2.24) is 4.98 Å². The Morgan fingerprint density at radius 1 is 1.36 bits per heavy atom. The van der Waals surface area contributed by atoms with Gasteiger partial charge in [0.25, 0.3) is 0 Å². The molecule has 1 aliphatic heterocycles. The first-order valence-electron chi connectivity index (χ1n) is 9.21. The minimum absolute atomic E-state index is 0.140. The Balaban J connectivity index is 1.70. The van der Waals surface area contributed by atoms with Gasteiger partial charge in [0.2, 0.25) is 0 Å². The standard InChI is InChI=1S/C21H21BrClN3O2/c1-28-15-4-2-14(3-5-15)11-26-13-20(6-7-21(27,12-20)8-9-24)17-18(23)16(22)10-25-19(17)26/h2-5,10,27H,6-8,11-13H2,1H3/t20-,21+/m0/s1. The fourth-order valence-electron chi connectivity index (χ4n) is 4.69. The third kappa shape index (κ3) is 3.26. The highest BCUT2D eigenvalue weighted by molar-refractivity contribution is 9.10. The zero-order chi connectivity index (χ0) is 19.9. The Hall–Kier alpha value is -1.81. The molecule has 1 spiro atoms. The molecule has 1 saturated carbocycles. The van der Waals surface area contributed by atoms with Gasteiger partial charge >= 0.3 is 0 Å². The average molecular weight is 463 g/mol. The third-order valence-corrected chi connectivity index (χ3v) is 7.18. The molecule has 146 valence electrons. The minimum atomic E-state index is -0.964. The van der Waals surface area contributed by atoms with Crippen LogP contribution in [0.5, 0.6) is 5.75 Å². The SMILES string of the molecule is COc1ccc(CN2C[C@@]3(CC[C@@](O)(CC#N)C3)c3c2ncc(Br)c3Cl)cc1. The largest absolute Gasteiger partial charge is 0.497 e. The van der Waals surface area contributed by atoms with Gasteiger partial charge in [0.05, 0.1) is 34.7 Å². The van der Waals surface area contributed by atoms with E-state index in [-0.39, 0.29) is 11.8 Å². The Kier molecular flexibility index (Phi) is 5.03. The number of nitrogens with zero attached hydrogens (tertiary/aromatic N) is 3. The van der Waals surface area contributed by atoms with Gasteiger partial charge < -0.3 is 14.7 Å². The predicted octanol–water partition coefficient (Wildman–Crippen LogP) is 4.59. The van der Waals surface area contributed by atoms with Crippen molar-refractivity contribution in [2.75, 3.05) is 18.6 Å². The van der Waals surface area contributed by atoms with Crippen molar-refractivity contribution >= 4 is 33.3 Å². The Bertz CT molecular complexity index is 946. The number of fused-ring (bicyclic) bond motifs is 2. The van der Waals surface area contributed by atoms with Crippen molar-refractivity contribution in [3.05, 3.63) is 51.1 Å². The van der Waals surface area contributed by atoms with Crippen LogP contribution < -0.4 is 9.64 Å². The molecular formula is C21H21BrClN3O2. The zero-order valence-electron chi connectivity index (χ0n) is 15.6. The van der Waals surface area contributed by atoms with E-state index in [1.807, 2.05) is 24.3 Å². The number of rotatable bonds is 4. The maximum absolute atomic E-state index is 10.9. The summed E-state index contributed by atoms with van der Waals surface area (Å²) in [5.74, 6) is 1.69. The second kappa shape index (κ2) is 7.22. The lowest BCUT2D eigenvalue weighted by atomic mass is 9.79. The van der Waals surface area contributed by atoms with Crippen LogP contribution in [0.4, 0.5) is 5.82 Å². The molecule has 2 aromatic rings. The molecule has 7 heteroatoms. The number of hydrogen-bond donors (Lipinski definition) is 1. The molecule has 5 nitrogen and oxygen atoms in total. The molecule has 0 bridgehead atoms. The summed E-state index contributed by atoms with van der Waals surface area (Å²) in [4.78, 5) is 6.90. The molecule has 1 aromatic heterocycles. The summed E-state index contributed by atoms with van der Waals surface area (Å²) in [6.45, 7) is 1.42. The first kappa shape index (κ1) is 19.5. The number of anilines is 1. The monoisotopic (exact) mass is 461 g/mol. The van der Waals surface area contributed by atoms with E-state index in [0.29, 0.717) is 24.4 Å². The fraction of sp³-hybridized carbons (Fsp3) is 0.429. The molecule has 0 radical (unpaired) electrons. The van der Waals surface area contributed by atoms with Crippen molar-refractivity contribution in [3.8, 4) is 11.8 Å². The van der Waals surface area contributed by atoms with Gasteiger partial charge in [0.15, 0.2) is 0 Å². The number of nitriles is 1. The maximum atomic E-state index is 10.9. The van der Waals surface area contributed by atoms with E-state index >= 15 is 0 Å². The molecule has 2 atom stereocenters.